The van der Waals surface area contributed by atoms with Crippen LogP contribution in [0.5, 0.6) is 0 Å². The van der Waals surface area contributed by atoms with Crippen molar-refractivity contribution in [1.82, 2.24) is 3.97 Å². The lowest BCUT2D eigenvalue weighted by molar-refractivity contribution is 0.101. The zero-order valence-electron chi connectivity index (χ0n) is 17.6. The summed E-state index contributed by atoms with van der Waals surface area (Å²) in [7, 11) is -4.17. The molecule has 0 spiro atoms. The van der Waals surface area contributed by atoms with Crippen molar-refractivity contribution in [2.75, 3.05) is 6.26 Å². The van der Waals surface area contributed by atoms with Gasteiger partial charge in [0.15, 0.2) is 5.78 Å². The molecule has 0 aliphatic carbocycles. The van der Waals surface area contributed by atoms with Gasteiger partial charge in [0, 0.05) is 4.47 Å². The van der Waals surface area contributed by atoms with Crippen LogP contribution < -0.4 is 5.43 Å². The first-order valence-electron chi connectivity index (χ1n) is 9.30. The highest BCUT2D eigenvalue weighted by Crippen LogP contribution is 2.36. The summed E-state index contributed by atoms with van der Waals surface area (Å²) < 4.78 is 29.0. The van der Waals surface area contributed by atoms with Crippen LogP contribution in [-0.2, 0) is 15.4 Å². The summed E-state index contributed by atoms with van der Waals surface area (Å²) in [5.74, 6) is -0.528. The van der Waals surface area contributed by atoms with Crippen LogP contribution in [0.25, 0.3) is 10.9 Å². The van der Waals surface area contributed by atoms with Crippen LogP contribution in [0.4, 0.5) is 0 Å². The maximum absolute atomic E-state index is 13.8. The first kappa shape index (κ1) is 24.0. The van der Waals surface area contributed by atoms with Gasteiger partial charge in [0.05, 0.1) is 26.4 Å². The lowest BCUT2D eigenvalue weighted by Gasteiger charge is -2.21. The van der Waals surface area contributed by atoms with Crippen LogP contribution in [0.2, 0.25) is 5.02 Å². The van der Waals surface area contributed by atoms with Gasteiger partial charge in [-0.05, 0) is 64.4 Å². The molecule has 0 N–H and O–H groups in total. The van der Waals surface area contributed by atoms with Gasteiger partial charge in [-0.15, -0.1) is 11.8 Å². The molecule has 9 heteroatoms. The van der Waals surface area contributed by atoms with Crippen molar-refractivity contribution in [3.05, 3.63) is 67.2 Å². The van der Waals surface area contributed by atoms with E-state index in [9.17, 15) is 18.0 Å². The van der Waals surface area contributed by atoms with E-state index in [1.807, 2.05) is 20.8 Å². The topological polar surface area (TPSA) is 73.2 Å². The average Bonchev–Trinajstić information content (AvgIpc) is 2.68. The Morgan fingerprint density at radius 2 is 1.68 bits per heavy atom. The fourth-order valence-electron chi connectivity index (χ4n) is 3.34. The second kappa shape index (κ2) is 8.39. The van der Waals surface area contributed by atoms with Gasteiger partial charge in [-0.3, -0.25) is 9.59 Å². The molecular formula is C22H21BrClNO4S2. The molecule has 0 atom stereocenters. The summed E-state index contributed by atoms with van der Waals surface area (Å²) >= 11 is 10.7. The number of fused-ring (bicyclic) bond motifs is 1. The van der Waals surface area contributed by atoms with Crippen molar-refractivity contribution in [1.29, 1.82) is 0 Å². The van der Waals surface area contributed by atoms with Crippen molar-refractivity contribution in [3.8, 4) is 0 Å². The Hall–Kier alpha value is -1.61. The third kappa shape index (κ3) is 4.11. The van der Waals surface area contributed by atoms with E-state index in [1.54, 1.807) is 24.5 Å². The van der Waals surface area contributed by atoms with Crippen LogP contribution in [0.3, 0.4) is 0 Å². The Labute approximate surface area is 199 Å². The fourth-order valence-corrected chi connectivity index (χ4v) is 6.85. The smallest absolute Gasteiger partial charge is 0.269 e. The summed E-state index contributed by atoms with van der Waals surface area (Å²) in [5, 5.41) is 0.104. The number of halogens is 2. The predicted molar refractivity (Wildman–Crippen MR) is 130 cm³/mol. The Bertz CT molecular complexity index is 1370. The molecule has 0 aliphatic rings. The highest BCUT2D eigenvalue weighted by Gasteiger charge is 2.30. The van der Waals surface area contributed by atoms with Crippen LogP contribution in [0.1, 0.15) is 43.6 Å². The Kier molecular flexibility index (Phi) is 6.50. The molecule has 5 nitrogen and oxygen atoms in total. The standard InChI is InChI=1S/C22H21BrClNO4S2/c1-12(26)17-20(27)18-16(24)11-10-15(23)19(18)25(21(17)30-5)31(28,29)14-8-6-13(7-9-14)22(2,3)4/h6-11H,1-5H3. The zero-order valence-corrected chi connectivity index (χ0v) is 21.6. The van der Waals surface area contributed by atoms with Crippen molar-refractivity contribution in [3.63, 3.8) is 0 Å². The van der Waals surface area contributed by atoms with Crippen LogP contribution in [0.15, 0.2) is 55.6 Å². The van der Waals surface area contributed by atoms with E-state index in [-0.39, 0.29) is 36.8 Å². The third-order valence-corrected chi connectivity index (χ3v) is 8.49. The van der Waals surface area contributed by atoms with Gasteiger partial charge in [-0.1, -0.05) is 44.5 Å². The minimum atomic E-state index is -4.17. The quantitative estimate of drug-likeness (QED) is 0.304. The zero-order chi connectivity index (χ0) is 23.3. The van der Waals surface area contributed by atoms with E-state index >= 15 is 0 Å². The van der Waals surface area contributed by atoms with Gasteiger partial charge in [-0.25, -0.2) is 12.4 Å². The molecule has 3 aromatic rings. The molecule has 0 fully saturated rings. The minimum absolute atomic E-state index is 0.0195. The molecule has 3 rings (SSSR count). The van der Waals surface area contributed by atoms with Gasteiger partial charge in [-0.2, -0.15) is 0 Å². The van der Waals surface area contributed by atoms with Crippen molar-refractivity contribution in [2.45, 2.75) is 43.0 Å². The van der Waals surface area contributed by atoms with Gasteiger partial charge < -0.3 is 0 Å². The summed E-state index contributed by atoms with van der Waals surface area (Å²) in [6.45, 7) is 7.35. The largest absolute Gasteiger partial charge is 0.294 e. The molecule has 0 aliphatic heterocycles. The summed E-state index contributed by atoms with van der Waals surface area (Å²) in [6, 6.07) is 9.68. The first-order valence-corrected chi connectivity index (χ1v) is 13.1. The third-order valence-electron chi connectivity index (χ3n) is 4.94. The maximum atomic E-state index is 13.8. The number of benzene rings is 2. The first-order chi connectivity index (χ1) is 14.3. The monoisotopic (exact) mass is 541 g/mol. The number of pyridine rings is 1. The second-order valence-corrected chi connectivity index (χ2v) is 11.9. The Balaban J connectivity index is 2.51. The van der Waals surface area contributed by atoms with Gasteiger partial charge in [0.2, 0.25) is 5.43 Å². The minimum Gasteiger partial charge on any atom is -0.294 e. The summed E-state index contributed by atoms with van der Waals surface area (Å²) in [5.41, 5.74) is 0.152. The highest BCUT2D eigenvalue weighted by molar-refractivity contribution is 9.10. The summed E-state index contributed by atoms with van der Waals surface area (Å²) in [4.78, 5) is 25.6. The molecule has 1 aromatic heterocycles. The molecule has 0 saturated heterocycles. The number of aromatic nitrogens is 1. The number of nitrogens with zero attached hydrogens (tertiary/aromatic N) is 1. The average molecular weight is 543 g/mol. The van der Waals surface area contributed by atoms with Crippen molar-refractivity contribution in [2.24, 2.45) is 0 Å². The number of hydrogen-bond acceptors (Lipinski definition) is 5. The van der Waals surface area contributed by atoms with Crippen LogP contribution >= 0.6 is 39.3 Å². The molecule has 31 heavy (non-hydrogen) atoms. The number of hydrogen-bond donors (Lipinski definition) is 0. The van der Waals surface area contributed by atoms with E-state index in [2.05, 4.69) is 15.9 Å². The Morgan fingerprint density at radius 3 is 2.16 bits per heavy atom. The lowest BCUT2D eigenvalue weighted by Crippen LogP contribution is -2.26. The SMILES string of the molecule is CSc1c(C(C)=O)c(=O)c2c(Cl)ccc(Br)c2n1S(=O)(=O)c1ccc(C(C)(C)C)cc1. The molecular weight excluding hydrogens is 522 g/mol. The van der Waals surface area contributed by atoms with E-state index in [0.717, 1.165) is 21.3 Å². The number of Topliss-reactive ketones (excluding diaryl/α,β-unsaturated/α-hetero) is 1. The number of thioether (sulfide) groups is 1. The van der Waals surface area contributed by atoms with Gasteiger partial charge >= 0.3 is 0 Å². The second-order valence-electron chi connectivity index (χ2n) is 8.07. The number of carbonyl (C=O) groups is 1. The van der Waals surface area contributed by atoms with Crippen LogP contribution in [-0.4, -0.2) is 24.4 Å². The molecule has 0 amide bonds. The van der Waals surface area contributed by atoms with Crippen LogP contribution in [0, 0.1) is 0 Å². The molecule has 1 heterocycles. The molecule has 0 radical (unpaired) electrons. The van der Waals surface area contributed by atoms with E-state index in [4.69, 9.17) is 11.6 Å². The van der Waals surface area contributed by atoms with E-state index in [0.29, 0.717) is 4.47 Å². The normalized spacial score (nSPS) is 12.4. The molecule has 0 unspecified atom stereocenters. The van der Waals surface area contributed by atoms with Gasteiger partial charge in [0.1, 0.15) is 5.03 Å². The number of ketones is 1. The lowest BCUT2D eigenvalue weighted by atomic mass is 9.87. The fraction of sp³-hybridized carbons (Fsp3) is 0.273. The highest BCUT2D eigenvalue weighted by atomic mass is 79.9. The molecule has 0 saturated carbocycles. The predicted octanol–water partition coefficient (Wildman–Crippen LogP) is 5.88. The molecule has 0 bridgehead atoms. The molecule has 164 valence electrons. The van der Waals surface area contributed by atoms with E-state index < -0.39 is 21.2 Å². The van der Waals surface area contributed by atoms with E-state index in [1.165, 1.54) is 25.1 Å². The van der Waals surface area contributed by atoms with Crippen molar-refractivity contribution >= 4 is 66.0 Å². The Morgan fingerprint density at radius 1 is 1.10 bits per heavy atom. The van der Waals surface area contributed by atoms with Crippen molar-refractivity contribution < 1.29 is 13.2 Å². The number of carbonyl (C=O) groups excluding carboxylic acids is 1. The summed E-state index contributed by atoms with van der Waals surface area (Å²) in [6.07, 6.45) is 1.63. The maximum Gasteiger partial charge on any atom is 0.269 e. The molecule has 2 aromatic carbocycles. The van der Waals surface area contributed by atoms with Gasteiger partial charge in [0.25, 0.3) is 10.0 Å². The number of rotatable bonds is 4.